The molecule has 0 spiro atoms. The minimum Gasteiger partial charge on any atom is -0.478 e. The van der Waals surface area contributed by atoms with E-state index in [1.165, 1.54) is 17.8 Å². The van der Waals surface area contributed by atoms with Crippen molar-refractivity contribution in [1.82, 2.24) is 0 Å². The van der Waals surface area contributed by atoms with Crippen LogP contribution >= 0.6 is 11.8 Å². The topological polar surface area (TPSA) is 136 Å². The van der Waals surface area contributed by atoms with Crippen molar-refractivity contribution in [2.24, 2.45) is 11.1 Å². The maximum atomic E-state index is 12.1. The number of hydrogen-bond acceptors (Lipinski definition) is 6. The highest BCUT2D eigenvalue weighted by Crippen LogP contribution is 2.40. The Morgan fingerprint density at radius 1 is 1.23 bits per heavy atom. The molecule has 0 unspecified atom stereocenters. The van der Waals surface area contributed by atoms with E-state index in [0.29, 0.717) is 28.7 Å². The Morgan fingerprint density at radius 2 is 1.88 bits per heavy atom. The first-order valence-corrected chi connectivity index (χ1v) is 10.3. The van der Waals surface area contributed by atoms with Crippen LogP contribution < -0.4 is 16.2 Å². The fraction of sp³-hybridized carbons (Fsp3) is 0.235. The van der Waals surface area contributed by atoms with E-state index in [1.807, 2.05) is 0 Å². The van der Waals surface area contributed by atoms with E-state index in [4.69, 9.17) is 10.9 Å². The van der Waals surface area contributed by atoms with Gasteiger partial charge in [-0.15, -0.1) is 0 Å². The third kappa shape index (κ3) is 4.48. The first kappa shape index (κ1) is 18.6. The zero-order chi connectivity index (χ0) is 18.9. The molecule has 9 heteroatoms. The minimum absolute atomic E-state index is 0.131. The van der Waals surface area contributed by atoms with Crippen LogP contribution in [0.25, 0.3) is 0 Å². The number of hydrogen-bond donors (Lipinski definition) is 4. The molecule has 1 saturated carbocycles. The first-order chi connectivity index (χ1) is 12.2. The van der Waals surface area contributed by atoms with Gasteiger partial charge in [0.25, 0.3) is 0 Å². The number of carboxylic acids is 1. The molecule has 0 aliphatic heterocycles. The van der Waals surface area contributed by atoms with Crippen LogP contribution in [0.4, 0.5) is 11.4 Å². The second-order valence-electron chi connectivity index (χ2n) is 6.20. The number of aromatic carboxylic acids is 1. The summed E-state index contributed by atoms with van der Waals surface area (Å²) in [6.07, 6.45) is 2.21. The maximum absolute atomic E-state index is 12.1. The number of primary sulfonamides is 1. The molecule has 1 aliphatic carbocycles. The molecule has 26 heavy (non-hydrogen) atoms. The lowest BCUT2D eigenvalue weighted by Gasteiger charge is -2.16. The molecule has 7 nitrogen and oxygen atoms in total. The Balaban J connectivity index is 2.09. The van der Waals surface area contributed by atoms with Crippen molar-refractivity contribution in [3.8, 4) is 0 Å². The summed E-state index contributed by atoms with van der Waals surface area (Å²) >= 11 is 1.20. The van der Waals surface area contributed by atoms with Gasteiger partial charge in [0.05, 0.1) is 21.0 Å². The predicted molar refractivity (Wildman–Crippen MR) is 101 cm³/mol. The van der Waals surface area contributed by atoms with Crippen LogP contribution in [-0.4, -0.2) is 26.0 Å². The van der Waals surface area contributed by atoms with Crippen LogP contribution in [0.1, 0.15) is 23.2 Å². The number of nitrogen functional groups attached to an aromatic ring is 1. The summed E-state index contributed by atoms with van der Waals surface area (Å²) < 4.78 is 24.2. The lowest BCUT2D eigenvalue weighted by molar-refractivity contribution is 0.0696. The molecule has 0 aromatic heterocycles. The summed E-state index contributed by atoms with van der Waals surface area (Å²) in [5.74, 6) is -0.691. The Bertz CT molecular complexity index is 939. The van der Waals surface area contributed by atoms with E-state index in [9.17, 15) is 18.3 Å². The molecule has 0 atom stereocenters. The average Bonchev–Trinajstić information content (AvgIpc) is 3.38. The second-order valence-corrected chi connectivity index (χ2v) is 8.81. The lowest BCUT2D eigenvalue weighted by atomic mass is 10.2. The molecule has 2 aromatic carbocycles. The van der Waals surface area contributed by atoms with Gasteiger partial charge in [-0.2, -0.15) is 0 Å². The van der Waals surface area contributed by atoms with E-state index in [1.54, 1.807) is 24.3 Å². The summed E-state index contributed by atoms with van der Waals surface area (Å²) in [6, 6.07) is 9.49. The van der Waals surface area contributed by atoms with E-state index in [0.717, 1.165) is 23.8 Å². The number of anilines is 2. The Labute approximate surface area is 155 Å². The number of sulfonamides is 1. The zero-order valence-electron chi connectivity index (χ0n) is 13.8. The van der Waals surface area contributed by atoms with Crippen LogP contribution in [0.15, 0.2) is 51.1 Å². The van der Waals surface area contributed by atoms with E-state index >= 15 is 0 Å². The van der Waals surface area contributed by atoms with Gasteiger partial charge in [0.15, 0.2) is 0 Å². The second kappa shape index (κ2) is 7.18. The molecule has 2 aromatic rings. The van der Waals surface area contributed by atoms with Crippen molar-refractivity contribution in [2.45, 2.75) is 27.5 Å². The number of nitrogens with two attached hydrogens (primary N) is 2. The third-order valence-corrected chi connectivity index (χ3v) is 6.20. The molecule has 138 valence electrons. The van der Waals surface area contributed by atoms with Crippen LogP contribution in [0.2, 0.25) is 0 Å². The van der Waals surface area contributed by atoms with Gasteiger partial charge in [-0.3, -0.25) is 0 Å². The van der Waals surface area contributed by atoms with Crippen molar-refractivity contribution >= 4 is 39.1 Å². The molecule has 3 rings (SSSR count). The number of nitrogens with one attached hydrogen (secondary N) is 1. The predicted octanol–water partition coefficient (Wildman–Crippen LogP) is 2.59. The van der Waals surface area contributed by atoms with Gasteiger partial charge in [0, 0.05) is 17.1 Å². The molecule has 6 N–H and O–H groups in total. The molecule has 0 amide bonds. The molecular formula is C17H19N3O4S2. The minimum atomic E-state index is -4.11. The summed E-state index contributed by atoms with van der Waals surface area (Å²) in [6.45, 7) is 0.655. The highest BCUT2D eigenvalue weighted by atomic mass is 32.2. The molecule has 1 fully saturated rings. The Kier molecular flexibility index (Phi) is 5.12. The van der Waals surface area contributed by atoms with Gasteiger partial charge >= 0.3 is 5.97 Å². The summed E-state index contributed by atoms with van der Waals surface area (Å²) in [4.78, 5) is 12.3. The number of carbonyl (C=O) groups is 1. The number of benzene rings is 2. The van der Waals surface area contributed by atoms with Gasteiger partial charge < -0.3 is 16.2 Å². The smallest absolute Gasteiger partial charge is 0.335 e. The fourth-order valence-electron chi connectivity index (χ4n) is 2.40. The molecule has 0 heterocycles. The van der Waals surface area contributed by atoms with Crippen molar-refractivity contribution in [3.05, 3.63) is 42.0 Å². The standard InChI is InChI=1S/C17H19N3O4S2/c18-12-3-5-13(6-4-12)25-16-14(20-9-10-1-2-10)7-11(17(21)22)8-15(16)26(19,23)24/h3-8,10,20H,1-2,9,18H2,(H,21,22)(H2,19,23,24). The Morgan fingerprint density at radius 3 is 2.42 bits per heavy atom. The molecular weight excluding hydrogens is 374 g/mol. The highest BCUT2D eigenvalue weighted by Gasteiger charge is 2.25. The van der Waals surface area contributed by atoms with Crippen LogP contribution in [-0.2, 0) is 10.0 Å². The van der Waals surface area contributed by atoms with Gasteiger partial charge in [0.1, 0.15) is 0 Å². The SMILES string of the molecule is Nc1ccc(Sc2c(NCC3CC3)cc(C(=O)O)cc2S(N)(=O)=O)cc1. The highest BCUT2D eigenvalue weighted by molar-refractivity contribution is 8.00. The fourth-order valence-corrected chi connectivity index (χ4v) is 4.45. The van der Waals surface area contributed by atoms with Gasteiger partial charge in [0.2, 0.25) is 10.0 Å². The molecule has 0 radical (unpaired) electrons. The van der Waals surface area contributed by atoms with E-state index in [-0.39, 0.29) is 10.5 Å². The van der Waals surface area contributed by atoms with Crippen molar-refractivity contribution in [1.29, 1.82) is 0 Å². The average molecular weight is 393 g/mol. The number of carboxylic acid groups (broad SMARTS) is 1. The van der Waals surface area contributed by atoms with Gasteiger partial charge in [-0.25, -0.2) is 18.4 Å². The van der Waals surface area contributed by atoms with Crippen LogP contribution in [0.5, 0.6) is 0 Å². The monoisotopic (exact) mass is 393 g/mol. The van der Waals surface area contributed by atoms with Gasteiger partial charge in [-0.1, -0.05) is 11.8 Å². The first-order valence-electron chi connectivity index (χ1n) is 7.95. The third-order valence-electron chi connectivity index (χ3n) is 3.99. The van der Waals surface area contributed by atoms with Crippen LogP contribution in [0, 0.1) is 5.92 Å². The van der Waals surface area contributed by atoms with Gasteiger partial charge in [-0.05, 0) is 55.2 Å². The van der Waals surface area contributed by atoms with Crippen LogP contribution in [0.3, 0.4) is 0 Å². The van der Waals surface area contributed by atoms with Crippen molar-refractivity contribution in [3.63, 3.8) is 0 Å². The summed E-state index contributed by atoms with van der Waals surface area (Å²) in [5, 5.41) is 17.9. The van der Waals surface area contributed by atoms with E-state index < -0.39 is 16.0 Å². The van der Waals surface area contributed by atoms with E-state index in [2.05, 4.69) is 5.32 Å². The molecule has 0 saturated heterocycles. The van der Waals surface area contributed by atoms with Crippen molar-refractivity contribution in [2.75, 3.05) is 17.6 Å². The number of rotatable bonds is 7. The molecule has 0 bridgehead atoms. The van der Waals surface area contributed by atoms with Crippen molar-refractivity contribution < 1.29 is 18.3 Å². The summed E-state index contributed by atoms with van der Waals surface area (Å²) in [7, 11) is -4.11. The Hall–Kier alpha value is -2.23. The quantitative estimate of drug-likeness (QED) is 0.531. The maximum Gasteiger partial charge on any atom is 0.335 e. The normalized spacial score (nSPS) is 14.2. The zero-order valence-corrected chi connectivity index (χ0v) is 15.4. The lowest BCUT2D eigenvalue weighted by Crippen LogP contribution is -2.16. The molecule has 1 aliphatic rings. The summed E-state index contributed by atoms with van der Waals surface area (Å²) in [5.41, 5.74) is 6.60. The largest absolute Gasteiger partial charge is 0.478 e.